The Morgan fingerprint density at radius 1 is 1.23 bits per heavy atom. The van der Waals surface area contributed by atoms with Gasteiger partial charge in [0.1, 0.15) is 11.4 Å². The molecule has 0 aromatic heterocycles. The Morgan fingerprint density at radius 2 is 1.88 bits per heavy atom. The van der Waals surface area contributed by atoms with E-state index in [-0.39, 0.29) is 10.6 Å². The zero-order valence-corrected chi connectivity index (χ0v) is 15.1. The number of hydrogen-bond donors (Lipinski definition) is 2. The van der Waals surface area contributed by atoms with E-state index in [2.05, 4.69) is 4.72 Å². The summed E-state index contributed by atoms with van der Waals surface area (Å²) in [6.07, 6.45) is 0.412. The summed E-state index contributed by atoms with van der Waals surface area (Å²) < 4.78 is 34.0. The Balaban J connectivity index is 1.94. The number of nitrogens with one attached hydrogen (secondary N) is 1. The van der Waals surface area contributed by atoms with Crippen LogP contribution in [0.3, 0.4) is 0 Å². The summed E-state index contributed by atoms with van der Waals surface area (Å²) in [5.74, 6) is 0.576. The van der Waals surface area contributed by atoms with E-state index in [1.807, 2.05) is 13.8 Å². The van der Waals surface area contributed by atoms with E-state index in [4.69, 9.17) is 10.5 Å². The van der Waals surface area contributed by atoms with Gasteiger partial charge in [-0.2, -0.15) is 0 Å². The highest BCUT2D eigenvalue weighted by molar-refractivity contribution is 7.89. The monoisotopic (exact) mass is 377 g/mol. The average molecular weight is 377 g/mol. The Labute approximate surface area is 151 Å². The Morgan fingerprint density at radius 3 is 2.50 bits per heavy atom. The fourth-order valence-corrected chi connectivity index (χ4v) is 4.20. The molecule has 1 heterocycles. The molecule has 2 aromatic carbocycles. The van der Waals surface area contributed by atoms with Gasteiger partial charge in [-0.15, -0.1) is 0 Å². The fourth-order valence-electron chi connectivity index (χ4n) is 2.98. The van der Waals surface area contributed by atoms with Crippen molar-refractivity contribution in [2.24, 2.45) is 0 Å². The third-order valence-electron chi connectivity index (χ3n) is 4.15. The summed E-state index contributed by atoms with van der Waals surface area (Å²) in [6, 6.07) is 9.32. The predicted molar refractivity (Wildman–Crippen MR) is 96.3 cm³/mol. The lowest BCUT2D eigenvalue weighted by atomic mass is 9.90. The first kappa shape index (κ1) is 18.2. The summed E-state index contributed by atoms with van der Waals surface area (Å²) in [6.45, 7) is 3.75. The summed E-state index contributed by atoms with van der Waals surface area (Å²) in [5.41, 5.74) is 6.27. The maximum Gasteiger partial charge on any atom is 0.269 e. The molecule has 1 aliphatic heterocycles. The molecule has 1 atom stereocenters. The molecule has 3 rings (SSSR count). The second-order valence-corrected chi connectivity index (χ2v) is 8.50. The normalized spacial score (nSPS) is 18.6. The number of nitro benzene ring substituents is 1. The Bertz CT molecular complexity index is 955. The third-order valence-corrected chi connectivity index (χ3v) is 5.63. The van der Waals surface area contributed by atoms with Gasteiger partial charge in [-0.1, -0.05) is 0 Å². The molecule has 2 aromatic rings. The number of nitro groups is 1. The van der Waals surface area contributed by atoms with Gasteiger partial charge in [0, 0.05) is 29.8 Å². The second kappa shape index (κ2) is 6.26. The van der Waals surface area contributed by atoms with Crippen molar-refractivity contribution in [3.63, 3.8) is 0 Å². The number of rotatable bonds is 4. The molecule has 9 heteroatoms. The summed E-state index contributed by atoms with van der Waals surface area (Å²) in [5, 5.41) is 10.7. The van der Waals surface area contributed by atoms with Crippen molar-refractivity contribution >= 4 is 21.4 Å². The van der Waals surface area contributed by atoms with Crippen LogP contribution in [0.25, 0.3) is 0 Å². The molecule has 0 aliphatic carbocycles. The van der Waals surface area contributed by atoms with Crippen LogP contribution >= 0.6 is 0 Å². The van der Waals surface area contributed by atoms with Gasteiger partial charge in [0.15, 0.2) is 0 Å². The molecular formula is C17H19N3O5S. The van der Waals surface area contributed by atoms with Crippen molar-refractivity contribution in [1.82, 2.24) is 4.72 Å². The minimum absolute atomic E-state index is 0.0437. The SMILES string of the molecule is CC1(C)CC(NS(=O)(=O)c2ccc([N+](=O)[O-])cc2)c2cc(N)ccc2O1. The lowest BCUT2D eigenvalue weighted by Crippen LogP contribution is -2.41. The zero-order chi connectivity index (χ0) is 19.1. The summed E-state index contributed by atoms with van der Waals surface area (Å²) >= 11 is 0. The minimum Gasteiger partial charge on any atom is -0.487 e. The standard InChI is InChI=1S/C17H19N3O5S/c1-17(2)10-15(14-9-11(18)3-8-16(14)25-17)19-26(23,24)13-6-4-12(5-7-13)20(21)22/h3-9,15,19H,10,18H2,1-2H3. The van der Waals surface area contributed by atoms with Crippen molar-refractivity contribution < 1.29 is 18.1 Å². The molecular weight excluding hydrogens is 358 g/mol. The van der Waals surface area contributed by atoms with Gasteiger partial charge >= 0.3 is 0 Å². The van der Waals surface area contributed by atoms with Crippen molar-refractivity contribution in [2.75, 3.05) is 5.73 Å². The largest absolute Gasteiger partial charge is 0.487 e. The van der Waals surface area contributed by atoms with Crippen LogP contribution in [0.2, 0.25) is 0 Å². The number of anilines is 1. The maximum absolute atomic E-state index is 12.7. The molecule has 0 amide bonds. The van der Waals surface area contributed by atoms with Crippen LogP contribution in [0, 0.1) is 10.1 Å². The minimum atomic E-state index is -3.88. The van der Waals surface area contributed by atoms with E-state index in [0.717, 1.165) is 12.1 Å². The van der Waals surface area contributed by atoms with Gasteiger partial charge in [0.2, 0.25) is 10.0 Å². The molecule has 8 nitrogen and oxygen atoms in total. The average Bonchev–Trinajstić information content (AvgIpc) is 2.54. The molecule has 138 valence electrons. The van der Waals surface area contributed by atoms with Crippen LogP contribution in [0.5, 0.6) is 5.75 Å². The van der Waals surface area contributed by atoms with Crippen LogP contribution in [0.4, 0.5) is 11.4 Å². The molecule has 26 heavy (non-hydrogen) atoms. The number of hydrogen-bond acceptors (Lipinski definition) is 6. The van der Waals surface area contributed by atoms with Crippen LogP contribution in [-0.4, -0.2) is 18.9 Å². The quantitative estimate of drug-likeness (QED) is 0.479. The van der Waals surface area contributed by atoms with Gasteiger partial charge in [-0.25, -0.2) is 13.1 Å². The number of nitrogens with two attached hydrogens (primary N) is 1. The Kier molecular flexibility index (Phi) is 4.37. The molecule has 0 bridgehead atoms. The first-order chi connectivity index (χ1) is 12.1. The molecule has 3 N–H and O–H groups in total. The van der Waals surface area contributed by atoms with E-state index < -0.39 is 26.6 Å². The number of nitrogens with zero attached hydrogens (tertiary/aromatic N) is 1. The number of sulfonamides is 1. The number of nitrogen functional groups attached to an aromatic ring is 1. The topological polar surface area (TPSA) is 125 Å². The van der Waals surface area contributed by atoms with Crippen LogP contribution in [0.15, 0.2) is 47.4 Å². The van der Waals surface area contributed by atoms with Gasteiger partial charge in [0.05, 0.1) is 15.9 Å². The van der Waals surface area contributed by atoms with E-state index in [0.29, 0.717) is 23.4 Å². The molecule has 1 aliphatic rings. The van der Waals surface area contributed by atoms with Crippen LogP contribution < -0.4 is 15.2 Å². The Hall–Kier alpha value is -2.65. The number of ether oxygens (including phenoxy) is 1. The van der Waals surface area contributed by atoms with Crippen molar-refractivity contribution in [3.8, 4) is 5.75 Å². The highest BCUT2D eigenvalue weighted by Gasteiger charge is 2.36. The maximum atomic E-state index is 12.7. The fraction of sp³-hybridized carbons (Fsp3) is 0.294. The number of fused-ring (bicyclic) bond motifs is 1. The lowest BCUT2D eigenvalue weighted by molar-refractivity contribution is -0.384. The van der Waals surface area contributed by atoms with Crippen molar-refractivity contribution in [3.05, 3.63) is 58.1 Å². The van der Waals surface area contributed by atoms with Gasteiger partial charge < -0.3 is 10.5 Å². The van der Waals surface area contributed by atoms with Crippen molar-refractivity contribution in [2.45, 2.75) is 36.8 Å². The molecule has 1 unspecified atom stereocenters. The lowest BCUT2D eigenvalue weighted by Gasteiger charge is -2.37. The van der Waals surface area contributed by atoms with Crippen molar-refractivity contribution in [1.29, 1.82) is 0 Å². The molecule has 0 spiro atoms. The second-order valence-electron chi connectivity index (χ2n) is 6.79. The van der Waals surface area contributed by atoms with E-state index >= 15 is 0 Å². The molecule has 0 radical (unpaired) electrons. The number of non-ortho nitro benzene ring substituents is 1. The van der Waals surface area contributed by atoms with Gasteiger partial charge in [-0.05, 0) is 44.2 Å². The van der Waals surface area contributed by atoms with E-state index in [1.165, 1.54) is 12.1 Å². The first-order valence-corrected chi connectivity index (χ1v) is 9.41. The summed E-state index contributed by atoms with van der Waals surface area (Å²) in [4.78, 5) is 10.1. The highest BCUT2D eigenvalue weighted by atomic mass is 32.2. The molecule has 0 saturated heterocycles. The van der Waals surface area contributed by atoms with Crippen LogP contribution in [-0.2, 0) is 10.0 Å². The number of benzene rings is 2. The molecule has 0 fully saturated rings. The predicted octanol–water partition coefficient (Wildman–Crippen LogP) is 2.76. The van der Waals surface area contributed by atoms with Gasteiger partial charge in [0.25, 0.3) is 5.69 Å². The van der Waals surface area contributed by atoms with Crippen LogP contribution in [0.1, 0.15) is 31.9 Å². The van der Waals surface area contributed by atoms with E-state index in [9.17, 15) is 18.5 Å². The first-order valence-electron chi connectivity index (χ1n) is 7.93. The third kappa shape index (κ3) is 3.63. The highest BCUT2D eigenvalue weighted by Crippen LogP contribution is 2.41. The smallest absolute Gasteiger partial charge is 0.269 e. The summed E-state index contributed by atoms with van der Waals surface area (Å²) in [7, 11) is -3.88. The van der Waals surface area contributed by atoms with E-state index in [1.54, 1.807) is 18.2 Å². The zero-order valence-electron chi connectivity index (χ0n) is 14.3. The van der Waals surface area contributed by atoms with Gasteiger partial charge in [-0.3, -0.25) is 10.1 Å². The molecule has 0 saturated carbocycles.